The molecule has 1 heterocycles. The maximum Gasteiger partial charge on any atom is 0.336 e. The number of carboxylic acids is 2. The van der Waals surface area contributed by atoms with Crippen molar-refractivity contribution < 1.29 is 24.9 Å². The van der Waals surface area contributed by atoms with Gasteiger partial charge in [0.25, 0.3) is 0 Å². The zero-order valence-corrected chi connectivity index (χ0v) is 12.3. The van der Waals surface area contributed by atoms with Gasteiger partial charge in [0, 0.05) is 29.9 Å². The first-order valence-electron chi connectivity index (χ1n) is 6.32. The summed E-state index contributed by atoms with van der Waals surface area (Å²) >= 11 is 0. The van der Waals surface area contributed by atoms with Gasteiger partial charge in [0.15, 0.2) is 5.60 Å². The number of aromatic amines is 1. The number of nitrogens with two attached hydrogens (primary N) is 1. The van der Waals surface area contributed by atoms with Gasteiger partial charge in [-0.25, -0.2) is 4.79 Å². The molecule has 8 heteroatoms. The maximum atomic E-state index is 11.3. The lowest BCUT2D eigenvalue weighted by molar-refractivity contribution is -0.160. The second-order valence-corrected chi connectivity index (χ2v) is 5.02. The van der Waals surface area contributed by atoms with Crippen LogP contribution in [0.25, 0.3) is 10.9 Å². The molecule has 0 saturated heterocycles. The molecule has 0 aliphatic rings. The number of hydrogen-bond acceptors (Lipinski definition) is 4. The number of carbonyl (C=O) groups is 2. The van der Waals surface area contributed by atoms with Crippen LogP contribution >= 0.6 is 12.4 Å². The van der Waals surface area contributed by atoms with E-state index in [4.69, 9.17) is 10.8 Å². The first-order chi connectivity index (χ1) is 9.83. The Bertz CT molecular complexity index is 687. The first-order valence-corrected chi connectivity index (χ1v) is 6.32. The van der Waals surface area contributed by atoms with Crippen molar-refractivity contribution in [1.29, 1.82) is 0 Å². The van der Waals surface area contributed by atoms with E-state index in [9.17, 15) is 19.8 Å². The van der Waals surface area contributed by atoms with Gasteiger partial charge in [0.2, 0.25) is 0 Å². The number of rotatable bonds is 6. The quantitative estimate of drug-likeness (QED) is 0.530. The molecular formula is C14H17ClN2O5. The van der Waals surface area contributed by atoms with Gasteiger partial charge >= 0.3 is 11.9 Å². The number of halogens is 1. The molecule has 0 fully saturated rings. The maximum absolute atomic E-state index is 11.3. The third-order valence-electron chi connectivity index (χ3n) is 3.43. The lowest BCUT2D eigenvalue weighted by Crippen LogP contribution is -2.48. The number of aromatic nitrogens is 1. The molecule has 2 rings (SSSR count). The van der Waals surface area contributed by atoms with Gasteiger partial charge in [-0.15, -0.1) is 12.4 Å². The Morgan fingerprint density at radius 1 is 1.27 bits per heavy atom. The number of nitrogens with one attached hydrogen (secondary N) is 1. The van der Waals surface area contributed by atoms with Crippen LogP contribution < -0.4 is 5.73 Å². The first kappa shape index (κ1) is 18.0. The molecule has 1 aromatic carbocycles. The molecule has 0 unspecified atom stereocenters. The van der Waals surface area contributed by atoms with E-state index in [1.165, 1.54) is 0 Å². The average Bonchev–Trinajstić information content (AvgIpc) is 2.81. The van der Waals surface area contributed by atoms with Crippen molar-refractivity contribution in [2.24, 2.45) is 5.73 Å². The summed E-state index contributed by atoms with van der Waals surface area (Å²) in [4.78, 5) is 25.1. The van der Waals surface area contributed by atoms with E-state index in [2.05, 4.69) is 4.98 Å². The van der Waals surface area contributed by atoms with E-state index in [1.807, 2.05) is 12.1 Å². The summed E-state index contributed by atoms with van der Waals surface area (Å²) in [5.41, 5.74) is 4.52. The largest absolute Gasteiger partial charge is 0.480 e. The molecule has 0 spiro atoms. The number of H-pyrrole nitrogens is 1. The fraction of sp³-hybridized carbons (Fsp3) is 0.286. The molecular weight excluding hydrogens is 312 g/mol. The van der Waals surface area contributed by atoms with Crippen LogP contribution in [0.4, 0.5) is 0 Å². The zero-order chi connectivity index (χ0) is 15.6. The normalized spacial score (nSPS) is 14.8. The smallest absolute Gasteiger partial charge is 0.336 e. The predicted molar refractivity (Wildman–Crippen MR) is 82.1 cm³/mol. The molecule has 22 heavy (non-hydrogen) atoms. The number of aliphatic carboxylic acids is 2. The number of aliphatic hydroxyl groups is 1. The average molecular weight is 329 g/mol. The molecule has 0 saturated carbocycles. The van der Waals surface area contributed by atoms with Crippen molar-refractivity contribution in [3.8, 4) is 0 Å². The van der Waals surface area contributed by atoms with Crippen LogP contribution in [-0.2, 0) is 16.0 Å². The van der Waals surface area contributed by atoms with Crippen molar-refractivity contribution in [3.63, 3.8) is 0 Å². The highest BCUT2D eigenvalue weighted by Gasteiger charge is 2.40. The molecule has 6 N–H and O–H groups in total. The van der Waals surface area contributed by atoms with Crippen LogP contribution in [0, 0.1) is 0 Å². The van der Waals surface area contributed by atoms with Gasteiger partial charge in [-0.1, -0.05) is 18.2 Å². The molecule has 0 amide bonds. The van der Waals surface area contributed by atoms with E-state index in [0.29, 0.717) is 5.56 Å². The van der Waals surface area contributed by atoms with E-state index in [0.717, 1.165) is 10.9 Å². The second-order valence-electron chi connectivity index (χ2n) is 5.02. The Morgan fingerprint density at radius 3 is 2.50 bits per heavy atom. The van der Waals surface area contributed by atoms with E-state index in [-0.39, 0.29) is 18.8 Å². The summed E-state index contributed by atoms with van der Waals surface area (Å²) in [6.45, 7) is 0. The number of para-hydroxylation sites is 1. The van der Waals surface area contributed by atoms with Crippen LogP contribution in [0.5, 0.6) is 0 Å². The highest BCUT2D eigenvalue weighted by atomic mass is 35.5. The van der Waals surface area contributed by atoms with Gasteiger partial charge in [0.1, 0.15) is 6.04 Å². The number of benzene rings is 1. The molecule has 0 aliphatic carbocycles. The van der Waals surface area contributed by atoms with Crippen LogP contribution in [-0.4, -0.2) is 43.9 Å². The minimum Gasteiger partial charge on any atom is -0.480 e. The van der Waals surface area contributed by atoms with Crippen molar-refractivity contribution in [2.75, 3.05) is 0 Å². The summed E-state index contributed by atoms with van der Waals surface area (Å²) in [5, 5.41) is 29.1. The minimum absolute atomic E-state index is 0. The molecule has 120 valence electrons. The Balaban J connectivity index is 0.00000242. The van der Waals surface area contributed by atoms with Crippen LogP contribution in [0.1, 0.15) is 12.0 Å². The third kappa shape index (κ3) is 3.56. The monoisotopic (exact) mass is 328 g/mol. The van der Waals surface area contributed by atoms with E-state index >= 15 is 0 Å². The van der Waals surface area contributed by atoms with Crippen molar-refractivity contribution in [1.82, 2.24) is 4.98 Å². The van der Waals surface area contributed by atoms with E-state index < -0.39 is 30.0 Å². The Hall–Kier alpha value is -2.09. The fourth-order valence-corrected chi connectivity index (χ4v) is 2.28. The highest BCUT2D eigenvalue weighted by molar-refractivity contribution is 5.86. The molecule has 7 nitrogen and oxygen atoms in total. The van der Waals surface area contributed by atoms with Crippen molar-refractivity contribution in [2.45, 2.75) is 24.5 Å². The van der Waals surface area contributed by atoms with E-state index in [1.54, 1.807) is 18.3 Å². The summed E-state index contributed by atoms with van der Waals surface area (Å²) < 4.78 is 0. The number of fused-ring (bicyclic) bond motifs is 1. The number of carboxylic acid groups (broad SMARTS) is 2. The lowest BCUT2D eigenvalue weighted by atomic mass is 9.88. The molecule has 2 atom stereocenters. The molecule has 0 radical (unpaired) electrons. The Labute approximate surface area is 132 Å². The molecule has 0 bridgehead atoms. The van der Waals surface area contributed by atoms with Crippen molar-refractivity contribution >= 4 is 35.2 Å². The molecule has 1 aromatic heterocycles. The van der Waals surface area contributed by atoms with Crippen LogP contribution in [0.15, 0.2) is 30.5 Å². The van der Waals surface area contributed by atoms with Gasteiger partial charge in [0.05, 0.1) is 0 Å². The second kappa shape index (κ2) is 6.78. The van der Waals surface area contributed by atoms with Crippen LogP contribution in [0.2, 0.25) is 0 Å². The SMILES string of the molecule is Cl.N[C@H](C[C@](O)(Cc1c[nH]c2ccccc12)C(=O)O)C(=O)O. The van der Waals surface area contributed by atoms with Gasteiger partial charge in [-0.2, -0.15) is 0 Å². The zero-order valence-electron chi connectivity index (χ0n) is 11.5. The summed E-state index contributed by atoms with van der Waals surface area (Å²) in [6.07, 6.45) is 0.801. The third-order valence-corrected chi connectivity index (χ3v) is 3.43. The summed E-state index contributed by atoms with van der Waals surface area (Å²) in [5.74, 6) is -2.85. The molecule has 2 aromatic rings. The Morgan fingerprint density at radius 2 is 1.91 bits per heavy atom. The molecule has 0 aliphatic heterocycles. The standard InChI is InChI=1S/C14H16N2O5.ClH/c15-10(12(17)18)6-14(21,13(19)20)5-8-7-16-11-4-2-1-3-9(8)11;/h1-4,7,10,16,21H,5-6,15H2,(H,17,18)(H,19,20);1H/t10-,14-;/m1./s1. The van der Waals surface area contributed by atoms with Gasteiger partial charge < -0.3 is 26.0 Å². The van der Waals surface area contributed by atoms with Crippen LogP contribution in [0.3, 0.4) is 0 Å². The summed E-state index contributed by atoms with van der Waals surface area (Å²) in [7, 11) is 0. The van der Waals surface area contributed by atoms with Gasteiger partial charge in [-0.3, -0.25) is 4.79 Å². The predicted octanol–water partition coefficient (Wildman–Crippen LogP) is 0.750. The topological polar surface area (TPSA) is 137 Å². The minimum atomic E-state index is -2.23. The highest BCUT2D eigenvalue weighted by Crippen LogP contribution is 2.25. The number of hydrogen-bond donors (Lipinski definition) is 5. The summed E-state index contributed by atoms with van der Waals surface area (Å²) in [6, 6.07) is 5.79. The van der Waals surface area contributed by atoms with Crippen molar-refractivity contribution in [3.05, 3.63) is 36.0 Å². The lowest BCUT2D eigenvalue weighted by Gasteiger charge is -2.24. The van der Waals surface area contributed by atoms with Gasteiger partial charge in [-0.05, 0) is 11.6 Å². The fourth-order valence-electron chi connectivity index (χ4n) is 2.28. The Kier molecular flexibility index (Phi) is 5.54.